The highest BCUT2D eigenvalue weighted by Gasteiger charge is 2.23. The van der Waals surface area contributed by atoms with Gasteiger partial charge in [-0.25, -0.2) is 4.79 Å². The first-order chi connectivity index (χ1) is 13.0. The fourth-order valence-corrected chi connectivity index (χ4v) is 3.45. The Morgan fingerprint density at radius 1 is 1.41 bits per heavy atom. The summed E-state index contributed by atoms with van der Waals surface area (Å²) in [6, 6.07) is 5.44. The number of urea groups is 1. The summed E-state index contributed by atoms with van der Waals surface area (Å²) in [6.45, 7) is 7.67. The molecule has 0 spiro atoms. The molecule has 0 aliphatic carbocycles. The van der Waals surface area contributed by atoms with Crippen molar-refractivity contribution in [2.75, 3.05) is 18.5 Å². The molecule has 1 aliphatic heterocycles. The minimum absolute atomic E-state index is 0.161. The van der Waals surface area contributed by atoms with Gasteiger partial charge in [0.25, 0.3) is 0 Å². The van der Waals surface area contributed by atoms with E-state index in [1.54, 1.807) is 10.9 Å². The maximum absolute atomic E-state index is 12.6. The zero-order valence-electron chi connectivity index (χ0n) is 16.5. The van der Waals surface area contributed by atoms with Crippen molar-refractivity contribution >= 4 is 11.8 Å². The Morgan fingerprint density at radius 2 is 2.22 bits per heavy atom. The van der Waals surface area contributed by atoms with E-state index in [2.05, 4.69) is 34.6 Å². The van der Waals surface area contributed by atoms with Crippen LogP contribution in [0.5, 0.6) is 0 Å². The number of hydrogen-bond acceptors (Lipinski definition) is 4. The third-order valence-corrected chi connectivity index (χ3v) is 5.02. The largest absolute Gasteiger partial charge is 0.381 e. The van der Waals surface area contributed by atoms with E-state index in [1.807, 2.05) is 32.2 Å². The van der Waals surface area contributed by atoms with Crippen molar-refractivity contribution in [2.45, 2.75) is 45.6 Å². The number of hydrogen-bond donors (Lipinski definition) is 2. The maximum atomic E-state index is 12.6. The Labute approximate surface area is 160 Å². The lowest BCUT2D eigenvalue weighted by Gasteiger charge is -2.23. The molecule has 2 amide bonds. The molecule has 3 heterocycles. The predicted octanol–water partition coefficient (Wildman–Crippen LogP) is 3.54. The summed E-state index contributed by atoms with van der Waals surface area (Å²) in [6.07, 6.45) is 3.87. The highest BCUT2D eigenvalue weighted by molar-refractivity contribution is 5.88. The number of ether oxygens (including phenoxy) is 1. The molecular formula is C20H29N5O2. The number of aryl methyl sites for hydroxylation is 2. The molecule has 7 heteroatoms. The number of nitrogens with zero attached hydrogens (tertiary/aromatic N) is 3. The van der Waals surface area contributed by atoms with Crippen LogP contribution in [0.15, 0.2) is 24.4 Å². The number of rotatable bonds is 5. The van der Waals surface area contributed by atoms with E-state index in [0.29, 0.717) is 18.3 Å². The lowest BCUT2D eigenvalue weighted by Crippen LogP contribution is -2.36. The van der Waals surface area contributed by atoms with Crippen LogP contribution in [0.3, 0.4) is 0 Å². The lowest BCUT2D eigenvalue weighted by molar-refractivity contribution is 0.0791. The van der Waals surface area contributed by atoms with Gasteiger partial charge in [-0.2, -0.15) is 5.10 Å². The second kappa shape index (κ2) is 8.52. The van der Waals surface area contributed by atoms with Crippen molar-refractivity contribution in [3.63, 3.8) is 0 Å². The van der Waals surface area contributed by atoms with Gasteiger partial charge in [0.1, 0.15) is 5.82 Å². The minimum atomic E-state index is -0.256. The molecule has 7 nitrogen and oxygen atoms in total. The van der Waals surface area contributed by atoms with Crippen LogP contribution < -0.4 is 10.6 Å². The number of nitrogens with one attached hydrogen (secondary N) is 2. The van der Waals surface area contributed by atoms with Gasteiger partial charge >= 0.3 is 6.03 Å². The molecule has 1 fully saturated rings. The molecule has 2 atom stereocenters. The first-order valence-electron chi connectivity index (χ1n) is 9.56. The number of anilines is 1. The van der Waals surface area contributed by atoms with Crippen LogP contribution >= 0.6 is 0 Å². The van der Waals surface area contributed by atoms with E-state index < -0.39 is 0 Å². The molecule has 2 N–H and O–H groups in total. The molecule has 3 rings (SSSR count). The summed E-state index contributed by atoms with van der Waals surface area (Å²) in [4.78, 5) is 17.1. The van der Waals surface area contributed by atoms with Gasteiger partial charge in [0.2, 0.25) is 0 Å². The van der Waals surface area contributed by atoms with Crippen LogP contribution in [0.4, 0.5) is 10.6 Å². The summed E-state index contributed by atoms with van der Waals surface area (Å²) >= 11 is 0. The number of carbonyl (C=O) groups is 1. The molecule has 0 saturated carbocycles. The number of pyridine rings is 1. The summed E-state index contributed by atoms with van der Waals surface area (Å²) in [5.41, 5.74) is 2.93. The third-order valence-electron chi connectivity index (χ3n) is 5.02. The third kappa shape index (κ3) is 4.66. The van der Waals surface area contributed by atoms with Crippen LogP contribution in [-0.4, -0.2) is 34.0 Å². The van der Waals surface area contributed by atoms with Crippen LogP contribution in [0.25, 0.3) is 0 Å². The molecular weight excluding hydrogens is 342 g/mol. The first-order valence-corrected chi connectivity index (χ1v) is 9.56. The van der Waals surface area contributed by atoms with Gasteiger partial charge in [-0.3, -0.25) is 15.0 Å². The second-order valence-electron chi connectivity index (χ2n) is 7.52. The average Bonchev–Trinajstić information content (AvgIpc) is 3.01. The first kappa shape index (κ1) is 19.4. The van der Waals surface area contributed by atoms with Gasteiger partial charge in [-0.05, 0) is 37.3 Å². The van der Waals surface area contributed by atoms with Crippen molar-refractivity contribution in [3.05, 3.63) is 41.3 Å². The monoisotopic (exact) mass is 371 g/mol. The Kier molecular flexibility index (Phi) is 6.11. The lowest BCUT2D eigenvalue weighted by atomic mass is 9.97. The molecule has 1 saturated heterocycles. The van der Waals surface area contributed by atoms with Crippen LogP contribution in [0.2, 0.25) is 0 Å². The quantitative estimate of drug-likeness (QED) is 0.842. The standard InChI is InChI=1S/C20H29N5O2/c1-13(2)18(19-14(3)7-5-9-21-19)23-20(26)22-17-11-16(24-25(17)4)15-8-6-10-27-12-15/h5,7,9,11,13,15,18H,6,8,10,12H2,1-4H3,(H2,22,23,26). The van der Waals surface area contributed by atoms with Gasteiger partial charge in [-0.1, -0.05) is 19.9 Å². The second-order valence-corrected chi connectivity index (χ2v) is 7.52. The van der Waals surface area contributed by atoms with Gasteiger partial charge in [-0.15, -0.1) is 0 Å². The molecule has 0 radical (unpaired) electrons. The SMILES string of the molecule is Cc1cccnc1C(NC(=O)Nc1cc(C2CCCOC2)nn1C)C(C)C. The summed E-state index contributed by atoms with van der Waals surface area (Å²) < 4.78 is 7.26. The van der Waals surface area contributed by atoms with E-state index in [0.717, 1.165) is 36.4 Å². The predicted molar refractivity (Wildman–Crippen MR) is 105 cm³/mol. The van der Waals surface area contributed by atoms with Crippen molar-refractivity contribution in [1.82, 2.24) is 20.1 Å². The van der Waals surface area contributed by atoms with Crippen molar-refractivity contribution in [1.29, 1.82) is 0 Å². The van der Waals surface area contributed by atoms with Crippen molar-refractivity contribution in [2.24, 2.45) is 13.0 Å². The highest BCUT2D eigenvalue weighted by atomic mass is 16.5. The summed E-state index contributed by atoms with van der Waals surface area (Å²) in [5, 5.41) is 10.5. The molecule has 1 aliphatic rings. The number of carbonyl (C=O) groups excluding carboxylic acids is 1. The van der Waals surface area contributed by atoms with Gasteiger partial charge in [0.15, 0.2) is 0 Å². The van der Waals surface area contributed by atoms with E-state index in [-0.39, 0.29) is 18.0 Å². The summed E-state index contributed by atoms with van der Waals surface area (Å²) in [5.74, 6) is 1.18. The molecule has 0 aromatic carbocycles. The van der Waals surface area contributed by atoms with Crippen LogP contribution in [0, 0.1) is 12.8 Å². The van der Waals surface area contributed by atoms with E-state index >= 15 is 0 Å². The molecule has 2 aromatic heterocycles. The van der Waals surface area contributed by atoms with Crippen LogP contribution in [0.1, 0.15) is 55.6 Å². The fraction of sp³-hybridized carbons (Fsp3) is 0.550. The molecule has 146 valence electrons. The Morgan fingerprint density at radius 3 is 2.89 bits per heavy atom. The van der Waals surface area contributed by atoms with E-state index in [9.17, 15) is 4.79 Å². The fourth-order valence-electron chi connectivity index (χ4n) is 3.45. The zero-order valence-corrected chi connectivity index (χ0v) is 16.5. The normalized spacial score (nSPS) is 18.3. The Balaban J connectivity index is 1.69. The molecule has 2 aromatic rings. The Hall–Kier alpha value is -2.41. The van der Waals surface area contributed by atoms with Crippen LogP contribution in [-0.2, 0) is 11.8 Å². The molecule has 27 heavy (non-hydrogen) atoms. The highest BCUT2D eigenvalue weighted by Crippen LogP contribution is 2.26. The van der Waals surface area contributed by atoms with Crippen molar-refractivity contribution < 1.29 is 9.53 Å². The van der Waals surface area contributed by atoms with Gasteiger partial charge in [0, 0.05) is 31.8 Å². The van der Waals surface area contributed by atoms with Gasteiger partial charge in [0.05, 0.1) is 24.0 Å². The molecule has 0 bridgehead atoms. The Bertz CT molecular complexity index is 780. The average molecular weight is 371 g/mol. The number of aromatic nitrogens is 3. The summed E-state index contributed by atoms with van der Waals surface area (Å²) in [7, 11) is 1.84. The maximum Gasteiger partial charge on any atom is 0.320 e. The van der Waals surface area contributed by atoms with Crippen molar-refractivity contribution in [3.8, 4) is 0 Å². The molecule has 2 unspecified atom stereocenters. The number of amides is 2. The van der Waals surface area contributed by atoms with E-state index in [1.165, 1.54) is 0 Å². The van der Waals surface area contributed by atoms with Gasteiger partial charge < -0.3 is 10.1 Å². The zero-order chi connectivity index (χ0) is 19.4. The van der Waals surface area contributed by atoms with E-state index in [4.69, 9.17) is 4.74 Å². The smallest absolute Gasteiger partial charge is 0.320 e. The minimum Gasteiger partial charge on any atom is -0.381 e. The topological polar surface area (TPSA) is 81.1 Å².